The molecule has 2 aromatic carbocycles. The van der Waals surface area contributed by atoms with Gasteiger partial charge in [-0.2, -0.15) is 4.98 Å². The Kier molecular flexibility index (Phi) is 4.51. The number of H-pyrrole nitrogens is 1. The van der Waals surface area contributed by atoms with Gasteiger partial charge < -0.3 is 15.6 Å². The second-order valence-electron chi connectivity index (χ2n) is 6.12. The number of aromatic nitrogens is 3. The summed E-state index contributed by atoms with van der Waals surface area (Å²) in [5, 5.41) is 8.92. The van der Waals surface area contributed by atoms with E-state index in [2.05, 4.69) is 56.6 Å². The molecule has 4 rings (SSSR count). The lowest BCUT2D eigenvalue weighted by Gasteiger charge is -2.10. The Morgan fingerprint density at radius 1 is 0.962 bits per heavy atom. The summed E-state index contributed by atoms with van der Waals surface area (Å²) in [7, 11) is 0. The van der Waals surface area contributed by atoms with E-state index in [0.29, 0.717) is 12.5 Å². The fourth-order valence-electron chi connectivity index (χ4n) is 3.11. The van der Waals surface area contributed by atoms with Crippen LogP contribution in [0.15, 0.2) is 67.4 Å². The predicted molar refractivity (Wildman–Crippen MR) is 109 cm³/mol. The highest BCUT2D eigenvalue weighted by Gasteiger charge is 2.07. The van der Waals surface area contributed by atoms with Gasteiger partial charge in [0.1, 0.15) is 5.82 Å². The summed E-state index contributed by atoms with van der Waals surface area (Å²) in [6.45, 7) is 5.18. The van der Waals surface area contributed by atoms with Crippen molar-refractivity contribution in [2.75, 3.05) is 23.7 Å². The maximum absolute atomic E-state index is 4.63. The highest BCUT2D eigenvalue weighted by Crippen LogP contribution is 2.22. The van der Waals surface area contributed by atoms with Gasteiger partial charge in [-0.3, -0.25) is 0 Å². The summed E-state index contributed by atoms with van der Waals surface area (Å²) < 4.78 is 0. The van der Waals surface area contributed by atoms with Gasteiger partial charge in [-0.05, 0) is 30.2 Å². The first-order chi connectivity index (χ1) is 12.8. The van der Waals surface area contributed by atoms with Gasteiger partial charge in [0.2, 0.25) is 5.95 Å². The van der Waals surface area contributed by atoms with Crippen molar-refractivity contribution in [2.45, 2.75) is 6.42 Å². The van der Waals surface area contributed by atoms with Crippen molar-refractivity contribution in [1.82, 2.24) is 15.0 Å². The van der Waals surface area contributed by atoms with E-state index in [9.17, 15) is 0 Å². The largest absolute Gasteiger partial charge is 0.366 e. The van der Waals surface area contributed by atoms with Crippen LogP contribution in [0, 0.1) is 0 Å². The molecule has 0 spiro atoms. The number of nitrogens with one attached hydrogen (secondary N) is 3. The van der Waals surface area contributed by atoms with E-state index in [1.165, 1.54) is 16.5 Å². The van der Waals surface area contributed by atoms with Gasteiger partial charge in [0.25, 0.3) is 0 Å². The van der Waals surface area contributed by atoms with Gasteiger partial charge in [-0.25, -0.2) is 4.98 Å². The van der Waals surface area contributed by atoms with Gasteiger partial charge in [0.15, 0.2) is 0 Å². The lowest BCUT2D eigenvalue weighted by Crippen LogP contribution is -2.10. The van der Waals surface area contributed by atoms with Gasteiger partial charge in [-0.1, -0.05) is 36.4 Å². The van der Waals surface area contributed by atoms with E-state index in [4.69, 9.17) is 0 Å². The summed E-state index contributed by atoms with van der Waals surface area (Å²) in [5.74, 6) is 1.46. The van der Waals surface area contributed by atoms with Crippen molar-refractivity contribution in [2.24, 2.45) is 0 Å². The summed E-state index contributed by atoms with van der Waals surface area (Å²) >= 11 is 0. The number of para-hydroxylation sites is 2. The molecule has 0 aliphatic carbocycles. The van der Waals surface area contributed by atoms with Crippen LogP contribution in [0.4, 0.5) is 11.8 Å². The van der Waals surface area contributed by atoms with Gasteiger partial charge in [0.05, 0.1) is 5.52 Å². The van der Waals surface area contributed by atoms with Crippen LogP contribution in [0.3, 0.4) is 0 Å². The average molecular weight is 343 g/mol. The molecule has 130 valence electrons. The molecule has 0 saturated heterocycles. The number of rotatable bonds is 7. The minimum absolute atomic E-state index is 0.634. The highest BCUT2D eigenvalue weighted by atomic mass is 15.1. The lowest BCUT2D eigenvalue weighted by atomic mass is 10.1. The van der Waals surface area contributed by atoms with Crippen LogP contribution < -0.4 is 10.6 Å². The van der Waals surface area contributed by atoms with Crippen LogP contribution in [0.2, 0.25) is 0 Å². The zero-order valence-electron chi connectivity index (χ0n) is 14.5. The van der Waals surface area contributed by atoms with E-state index in [1.54, 1.807) is 0 Å². The van der Waals surface area contributed by atoms with Gasteiger partial charge in [-0.15, -0.1) is 6.58 Å². The summed E-state index contributed by atoms with van der Waals surface area (Å²) in [6.07, 6.45) is 4.79. The Bertz CT molecular complexity index is 1050. The number of hydrogen-bond donors (Lipinski definition) is 3. The van der Waals surface area contributed by atoms with E-state index in [-0.39, 0.29) is 0 Å². The molecule has 0 unspecified atom stereocenters. The third kappa shape index (κ3) is 3.24. The molecule has 0 radical (unpaired) electrons. The first-order valence-electron chi connectivity index (χ1n) is 8.75. The molecule has 0 aliphatic heterocycles. The average Bonchev–Trinajstić information content (AvgIpc) is 3.09. The first kappa shape index (κ1) is 16.1. The highest BCUT2D eigenvalue weighted by molar-refractivity contribution is 5.90. The van der Waals surface area contributed by atoms with E-state index >= 15 is 0 Å². The van der Waals surface area contributed by atoms with Crippen LogP contribution in [0.1, 0.15) is 5.56 Å². The fraction of sp³-hybridized carbons (Fsp3) is 0.143. The number of benzene rings is 2. The molecule has 0 aliphatic rings. The Morgan fingerprint density at radius 3 is 2.65 bits per heavy atom. The molecule has 0 fully saturated rings. The molecule has 0 atom stereocenters. The maximum Gasteiger partial charge on any atom is 0.225 e. The third-order valence-corrected chi connectivity index (χ3v) is 4.37. The van der Waals surface area contributed by atoms with E-state index in [1.807, 2.05) is 36.4 Å². The molecule has 0 amide bonds. The molecule has 3 N–H and O–H groups in total. The Morgan fingerprint density at radius 2 is 1.77 bits per heavy atom. The molecule has 0 saturated carbocycles. The third-order valence-electron chi connectivity index (χ3n) is 4.37. The molecule has 26 heavy (non-hydrogen) atoms. The summed E-state index contributed by atoms with van der Waals surface area (Å²) in [4.78, 5) is 12.6. The molecular weight excluding hydrogens is 322 g/mol. The quantitative estimate of drug-likeness (QED) is 0.436. The minimum Gasteiger partial charge on any atom is -0.366 e. The van der Waals surface area contributed by atoms with Crippen LogP contribution in [0.25, 0.3) is 21.8 Å². The van der Waals surface area contributed by atoms with E-state index in [0.717, 1.165) is 29.7 Å². The van der Waals surface area contributed by atoms with Crippen molar-refractivity contribution in [3.63, 3.8) is 0 Å². The van der Waals surface area contributed by atoms with Crippen molar-refractivity contribution in [3.8, 4) is 0 Å². The molecule has 0 bridgehead atoms. The molecule has 2 heterocycles. The summed E-state index contributed by atoms with van der Waals surface area (Å²) in [5.41, 5.74) is 3.38. The number of nitrogens with zero attached hydrogens (tertiary/aromatic N) is 2. The summed E-state index contributed by atoms with van der Waals surface area (Å²) in [6, 6.07) is 16.4. The molecule has 5 heteroatoms. The van der Waals surface area contributed by atoms with Gasteiger partial charge >= 0.3 is 0 Å². The molecular formula is C21H21N5. The van der Waals surface area contributed by atoms with Crippen LogP contribution in [-0.4, -0.2) is 28.0 Å². The lowest BCUT2D eigenvalue weighted by molar-refractivity contribution is 0.996. The normalized spacial score (nSPS) is 10.9. The Hall–Kier alpha value is -3.34. The molecule has 4 aromatic rings. The zero-order chi connectivity index (χ0) is 17.8. The van der Waals surface area contributed by atoms with Crippen LogP contribution in [-0.2, 0) is 6.42 Å². The smallest absolute Gasteiger partial charge is 0.225 e. The minimum atomic E-state index is 0.634. The fourth-order valence-corrected chi connectivity index (χ4v) is 3.11. The first-order valence-corrected chi connectivity index (χ1v) is 8.75. The second kappa shape index (κ2) is 7.27. The Labute approximate surface area is 152 Å². The number of hydrogen-bond acceptors (Lipinski definition) is 4. The monoisotopic (exact) mass is 343 g/mol. The van der Waals surface area contributed by atoms with Crippen molar-refractivity contribution < 1.29 is 0 Å². The SMILES string of the molecule is C=CCNc1nc(NCCc2c[nH]c3ccccc23)nc2ccccc12. The van der Waals surface area contributed by atoms with Crippen LogP contribution in [0.5, 0.6) is 0 Å². The predicted octanol–water partition coefficient (Wildman–Crippen LogP) is 4.36. The zero-order valence-corrected chi connectivity index (χ0v) is 14.5. The Balaban J connectivity index is 1.52. The van der Waals surface area contributed by atoms with Crippen LogP contribution >= 0.6 is 0 Å². The molecule has 2 aromatic heterocycles. The molecule has 5 nitrogen and oxygen atoms in total. The number of aromatic amines is 1. The van der Waals surface area contributed by atoms with Gasteiger partial charge in [0, 0.05) is 35.6 Å². The van der Waals surface area contributed by atoms with Crippen molar-refractivity contribution in [3.05, 3.63) is 72.9 Å². The van der Waals surface area contributed by atoms with Crippen molar-refractivity contribution in [1.29, 1.82) is 0 Å². The number of anilines is 2. The standard InChI is InChI=1S/C21H21N5/c1-2-12-22-20-17-8-4-6-10-19(17)25-21(26-20)23-13-11-15-14-24-18-9-5-3-7-16(15)18/h2-10,14,24H,1,11-13H2,(H2,22,23,25,26). The maximum atomic E-state index is 4.63. The second-order valence-corrected chi connectivity index (χ2v) is 6.12. The van der Waals surface area contributed by atoms with E-state index < -0.39 is 0 Å². The number of fused-ring (bicyclic) bond motifs is 2. The van der Waals surface area contributed by atoms with Crippen molar-refractivity contribution >= 4 is 33.6 Å². The topological polar surface area (TPSA) is 65.6 Å².